The molecule has 2 aliphatic carbocycles. The van der Waals surface area contributed by atoms with Gasteiger partial charge in [-0.1, -0.05) is 0 Å². The number of allylic oxidation sites excluding steroid dienone is 8. The summed E-state index contributed by atoms with van der Waals surface area (Å²) in [5.41, 5.74) is 5.42. The van der Waals surface area contributed by atoms with E-state index in [1.807, 2.05) is 27.7 Å². The monoisotopic (exact) mass is 456 g/mol. The Kier molecular flexibility index (Phi) is 6.46. The topological polar surface area (TPSA) is 52.6 Å². The van der Waals surface area contributed by atoms with Crippen molar-refractivity contribution >= 4 is 11.9 Å². The number of rotatable bonds is 4. The Balaban J connectivity index is 3.07. The van der Waals surface area contributed by atoms with E-state index in [-0.39, 0.29) is 0 Å². The van der Waals surface area contributed by atoms with Gasteiger partial charge in [0.05, 0.1) is 0 Å². The molecule has 0 spiro atoms. The van der Waals surface area contributed by atoms with Gasteiger partial charge in [-0.3, -0.25) is 0 Å². The number of terminal acetylenes is 2. The third-order valence-corrected chi connectivity index (χ3v) is 14.1. The Morgan fingerprint density at radius 3 is 1.16 bits per heavy atom. The molecule has 0 fully saturated rings. The number of hydrogen-bond acceptors (Lipinski definition) is 4. The van der Waals surface area contributed by atoms with Gasteiger partial charge >= 0.3 is 191 Å². The van der Waals surface area contributed by atoms with Crippen molar-refractivity contribution in [2.24, 2.45) is 10.8 Å². The van der Waals surface area contributed by atoms with E-state index >= 15 is 0 Å². The van der Waals surface area contributed by atoms with Gasteiger partial charge in [0.1, 0.15) is 0 Å². The van der Waals surface area contributed by atoms with E-state index in [0.29, 0.717) is 0 Å². The van der Waals surface area contributed by atoms with E-state index in [1.165, 1.54) is 0 Å². The third-order valence-electron chi connectivity index (χ3n) is 7.49. The Labute approximate surface area is 191 Å². The molecule has 0 bridgehead atoms. The van der Waals surface area contributed by atoms with Crippen LogP contribution >= 0.6 is 0 Å². The second-order valence-corrected chi connectivity index (χ2v) is 13.6. The van der Waals surface area contributed by atoms with Crippen molar-refractivity contribution < 1.29 is 33.6 Å². The Morgan fingerprint density at radius 1 is 0.677 bits per heavy atom. The summed E-state index contributed by atoms with van der Waals surface area (Å²) >= 11 is -4.71. The maximum absolute atomic E-state index is 12.6. The minimum atomic E-state index is -4.71. The Morgan fingerprint density at radius 2 is 0.968 bits per heavy atom. The van der Waals surface area contributed by atoms with Gasteiger partial charge in [0.2, 0.25) is 0 Å². The summed E-state index contributed by atoms with van der Waals surface area (Å²) in [7, 11) is 0. The molecule has 0 N–H and O–H groups in total. The van der Waals surface area contributed by atoms with Crippen LogP contribution in [0.15, 0.2) is 41.2 Å². The van der Waals surface area contributed by atoms with Crippen LogP contribution in [-0.2, 0) is 33.6 Å². The van der Waals surface area contributed by atoms with Crippen molar-refractivity contribution in [2.75, 3.05) is 0 Å². The molecule has 0 unspecified atom stereocenters. The molecule has 0 saturated heterocycles. The molecule has 5 heteroatoms. The molecule has 0 radical (unpaired) electrons. The summed E-state index contributed by atoms with van der Waals surface area (Å²) in [4.78, 5) is 25.3. The first kappa shape index (κ1) is 25.0. The van der Waals surface area contributed by atoms with Crippen LogP contribution in [0.5, 0.6) is 0 Å². The number of hydrogen-bond donors (Lipinski definition) is 0. The molecule has 4 nitrogen and oxygen atoms in total. The molecule has 0 aliphatic heterocycles. The average Bonchev–Trinajstić information content (AvgIpc) is 2.94. The number of carbonyl (C=O) groups excluding carboxylic acids is 2. The predicted octanol–water partition coefficient (Wildman–Crippen LogP) is 5.62. The SMILES string of the molecule is C#CC(=O)[O][Ti]([O]C(=O)C#C)([C]1=C(C)C(C)=C(C)C1(C)C)[C]1=C(C)C(C)=C(C)C1(C)C. The van der Waals surface area contributed by atoms with Crippen LogP contribution in [0.1, 0.15) is 69.2 Å². The van der Waals surface area contributed by atoms with Gasteiger partial charge in [-0.05, 0) is 0 Å². The predicted molar refractivity (Wildman–Crippen MR) is 120 cm³/mol. The van der Waals surface area contributed by atoms with E-state index < -0.39 is 40.1 Å². The Hall–Kier alpha value is -2.27. The molecule has 0 saturated carbocycles. The van der Waals surface area contributed by atoms with Gasteiger partial charge in [-0.25, -0.2) is 0 Å². The average molecular weight is 456 g/mol. The summed E-state index contributed by atoms with van der Waals surface area (Å²) in [5, 5.41) is 0. The van der Waals surface area contributed by atoms with Crippen molar-refractivity contribution in [1.82, 2.24) is 0 Å². The van der Waals surface area contributed by atoms with Crippen LogP contribution in [-0.4, -0.2) is 11.9 Å². The van der Waals surface area contributed by atoms with Crippen LogP contribution < -0.4 is 0 Å². The van der Waals surface area contributed by atoms with E-state index in [9.17, 15) is 9.59 Å². The minimum absolute atomic E-state index is 0.494. The van der Waals surface area contributed by atoms with Gasteiger partial charge in [0.25, 0.3) is 0 Å². The molecular weight excluding hydrogens is 424 g/mol. The van der Waals surface area contributed by atoms with Crippen molar-refractivity contribution in [3.63, 3.8) is 0 Å². The standard InChI is InChI=1S/2C10H15.2C3H2O2.Ti/c2*1-7-6-10(4,5)9(3)8(7)2;2*1-2-3(4)5;/h2*1-5H3;2*1H,(H,4,5);/q;;;;+2/p-2. The second kappa shape index (κ2) is 8.01. The zero-order valence-corrected chi connectivity index (χ0v) is 21.8. The molecule has 0 aromatic rings. The van der Waals surface area contributed by atoms with Crippen LogP contribution in [0.4, 0.5) is 0 Å². The van der Waals surface area contributed by atoms with Crippen molar-refractivity contribution in [3.8, 4) is 24.7 Å². The van der Waals surface area contributed by atoms with E-state index in [1.54, 1.807) is 0 Å². The summed E-state index contributed by atoms with van der Waals surface area (Å²) < 4.78 is 14.0. The number of carbonyl (C=O) groups is 2. The maximum atomic E-state index is 12.6. The fraction of sp³-hybridized carbons (Fsp3) is 0.462. The molecule has 0 aromatic carbocycles. The summed E-state index contributed by atoms with van der Waals surface area (Å²) in [6, 6.07) is 0. The van der Waals surface area contributed by atoms with Gasteiger partial charge in [-0.15, -0.1) is 0 Å². The zero-order chi connectivity index (χ0) is 24.1. The Bertz CT molecular complexity index is 1000. The van der Waals surface area contributed by atoms with Crippen LogP contribution in [0.25, 0.3) is 0 Å². The van der Waals surface area contributed by atoms with Crippen LogP contribution in [0, 0.1) is 35.5 Å². The van der Waals surface area contributed by atoms with Gasteiger partial charge in [0.15, 0.2) is 0 Å². The second-order valence-electron chi connectivity index (χ2n) is 9.43. The van der Waals surface area contributed by atoms with Crippen LogP contribution in [0.2, 0.25) is 0 Å². The molecule has 2 rings (SSSR count). The summed E-state index contributed by atoms with van der Waals surface area (Å²) in [6.07, 6.45) is 10.9. The molecule has 0 amide bonds. The normalized spacial score (nSPS) is 20.1. The molecular formula is C26H32O4Ti. The molecule has 31 heavy (non-hydrogen) atoms. The van der Waals surface area contributed by atoms with Crippen molar-refractivity contribution in [1.29, 1.82) is 0 Å². The van der Waals surface area contributed by atoms with E-state index in [4.69, 9.17) is 19.5 Å². The fourth-order valence-electron chi connectivity index (χ4n) is 5.17. The van der Waals surface area contributed by atoms with Crippen LogP contribution in [0.3, 0.4) is 0 Å². The fourth-order valence-corrected chi connectivity index (χ4v) is 12.5. The van der Waals surface area contributed by atoms with Crippen molar-refractivity contribution in [3.05, 3.63) is 41.2 Å². The van der Waals surface area contributed by atoms with E-state index in [2.05, 4.69) is 53.4 Å². The summed E-state index contributed by atoms with van der Waals surface area (Å²) in [5.74, 6) is 2.42. The van der Waals surface area contributed by atoms with Gasteiger partial charge in [0, 0.05) is 0 Å². The van der Waals surface area contributed by atoms with Gasteiger partial charge < -0.3 is 0 Å². The first-order valence-electron chi connectivity index (χ1n) is 10.3. The van der Waals surface area contributed by atoms with Crippen molar-refractivity contribution in [2.45, 2.75) is 69.2 Å². The molecule has 0 atom stereocenters. The molecule has 0 aromatic heterocycles. The molecule has 164 valence electrons. The quantitative estimate of drug-likeness (QED) is 0.407. The van der Waals surface area contributed by atoms with Gasteiger partial charge in [-0.2, -0.15) is 0 Å². The molecule has 2 aliphatic rings. The first-order valence-corrected chi connectivity index (χ1v) is 13.1. The third kappa shape index (κ3) is 3.57. The summed E-state index contributed by atoms with van der Waals surface area (Å²) in [6.45, 7) is 20.4. The first-order chi connectivity index (χ1) is 14.1. The zero-order valence-electron chi connectivity index (χ0n) is 20.3. The molecule has 0 heterocycles. The van der Waals surface area contributed by atoms with E-state index in [0.717, 1.165) is 41.2 Å².